The molecule has 0 spiro atoms. The molecule has 5 nitrogen and oxygen atoms in total. The number of hydrogen-bond donors (Lipinski definition) is 0. The highest BCUT2D eigenvalue weighted by Gasteiger charge is 2.30. The lowest BCUT2D eigenvalue weighted by Crippen LogP contribution is -2.45. The third-order valence-corrected chi connectivity index (χ3v) is 5.14. The number of nitrogens with zero attached hydrogens (tertiary/aromatic N) is 4. The van der Waals surface area contributed by atoms with Gasteiger partial charge in [-0.05, 0) is 43.7 Å². The first kappa shape index (κ1) is 15.8. The number of nitriles is 1. The largest absolute Gasteiger partial charge is 0.357 e. The molecular weight excluding hydrogens is 288 g/mol. The van der Waals surface area contributed by atoms with Crippen LogP contribution in [0.25, 0.3) is 0 Å². The summed E-state index contributed by atoms with van der Waals surface area (Å²) in [5, 5.41) is 8.83. The van der Waals surface area contributed by atoms with Crippen molar-refractivity contribution in [2.24, 2.45) is 11.8 Å². The van der Waals surface area contributed by atoms with E-state index in [0.717, 1.165) is 63.6 Å². The van der Waals surface area contributed by atoms with Gasteiger partial charge >= 0.3 is 0 Å². The standard InChI is InChI=1S/C18H24N4O/c1-14-4-8-22(9-5-14)18(23)16-6-10-21(11-7-16)17-3-2-15(12-19)13-20-17/h2-3,13-14,16H,4-11H2,1H3. The Labute approximate surface area is 137 Å². The van der Waals surface area contributed by atoms with Crippen LogP contribution >= 0.6 is 0 Å². The predicted octanol–water partition coefficient (Wildman–Crippen LogP) is 2.43. The molecular formula is C18H24N4O. The average molecular weight is 312 g/mol. The van der Waals surface area contributed by atoms with Crippen molar-refractivity contribution in [3.63, 3.8) is 0 Å². The number of piperidine rings is 2. The molecule has 3 rings (SSSR count). The molecule has 2 saturated heterocycles. The molecule has 1 amide bonds. The van der Waals surface area contributed by atoms with Crippen LogP contribution in [0.4, 0.5) is 5.82 Å². The van der Waals surface area contributed by atoms with Gasteiger partial charge in [-0.2, -0.15) is 5.26 Å². The van der Waals surface area contributed by atoms with E-state index in [0.29, 0.717) is 11.5 Å². The lowest BCUT2D eigenvalue weighted by atomic mass is 9.92. The molecule has 1 aromatic heterocycles. The predicted molar refractivity (Wildman–Crippen MR) is 88.9 cm³/mol. The molecule has 0 bridgehead atoms. The minimum atomic E-state index is 0.165. The van der Waals surface area contributed by atoms with E-state index in [9.17, 15) is 4.79 Å². The molecule has 0 saturated carbocycles. The number of hydrogen-bond acceptors (Lipinski definition) is 4. The molecule has 3 heterocycles. The van der Waals surface area contributed by atoms with Crippen LogP contribution in [0.2, 0.25) is 0 Å². The maximum Gasteiger partial charge on any atom is 0.225 e. The van der Waals surface area contributed by atoms with Crippen LogP contribution in [-0.2, 0) is 4.79 Å². The fraction of sp³-hybridized carbons (Fsp3) is 0.611. The molecule has 5 heteroatoms. The number of likely N-dealkylation sites (tertiary alicyclic amines) is 1. The fourth-order valence-electron chi connectivity index (χ4n) is 3.48. The Bertz CT molecular complexity index is 576. The van der Waals surface area contributed by atoms with Crippen molar-refractivity contribution in [2.45, 2.75) is 32.6 Å². The van der Waals surface area contributed by atoms with Crippen LogP contribution in [0.5, 0.6) is 0 Å². The van der Waals surface area contributed by atoms with Crippen LogP contribution in [-0.4, -0.2) is 42.0 Å². The number of anilines is 1. The maximum atomic E-state index is 12.6. The molecule has 122 valence electrons. The molecule has 2 aliphatic heterocycles. The van der Waals surface area contributed by atoms with Gasteiger partial charge in [0.05, 0.1) is 5.56 Å². The number of carbonyl (C=O) groups excluding carboxylic acids is 1. The Morgan fingerprint density at radius 1 is 1.17 bits per heavy atom. The Balaban J connectivity index is 1.53. The zero-order valence-electron chi connectivity index (χ0n) is 13.7. The Morgan fingerprint density at radius 3 is 2.43 bits per heavy atom. The first-order valence-corrected chi connectivity index (χ1v) is 8.57. The molecule has 2 fully saturated rings. The molecule has 23 heavy (non-hydrogen) atoms. The van der Waals surface area contributed by atoms with Gasteiger partial charge in [-0.3, -0.25) is 4.79 Å². The Hall–Kier alpha value is -2.09. The molecule has 2 aliphatic rings. The lowest BCUT2D eigenvalue weighted by Gasteiger charge is -2.37. The van der Waals surface area contributed by atoms with Gasteiger partial charge < -0.3 is 9.80 Å². The van der Waals surface area contributed by atoms with E-state index in [4.69, 9.17) is 5.26 Å². The zero-order valence-corrected chi connectivity index (χ0v) is 13.7. The third-order valence-electron chi connectivity index (χ3n) is 5.14. The summed E-state index contributed by atoms with van der Waals surface area (Å²) in [6, 6.07) is 5.78. The summed E-state index contributed by atoms with van der Waals surface area (Å²) < 4.78 is 0. The minimum absolute atomic E-state index is 0.165. The van der Waals surface area contributed by atoms with E-state index in [1.807, 2.05) is 6.07 Å². The highest BCUT2D eigenvalue weighted by atomic mass is 16.2. The van der Waals surface area contributed by atoms with Crippen LogP contribution in [0.15, 0.2) is 18.3 Å². The van der Waals surface area contributed by atoms with E-state index in [2.05, 4.69) is 27.8 Å². The summed E-state index contributed by atoms with van der Waals surface area (Å²) in [5.41, 5.74) is 0.582. The monoisotopic (exact) mass is 312 g/mol. The molecule has 0 atom stereocenters. The minimum Gasteiger partial charge on any atom is -0.357 e. The van der Waals surface area contributed by atoms with Crippen LogP contribution in [0, 0.1) is 23.2 Å². The van der Waals surface area contributed by atoms with Gasteiger partial charge in [-0.1, -0.05) is 6.92 Å². The molecule has 0 unspecified atom stereocenters. The van der Waals surface area contributed by atoms with Crippen molar-refractivity contribution < 1.29 is 4.79 Å². The second-order valence-electron chi connectivity index (χ2n) is 6.79. The second-order valence-corrected chi connectivity index (χ2v) is 6.79. The first-order valence-electron chi connectivity index (χ1n) is 8.57. The van der Waals surface area contributed by atoms with Crippen LogP contribution < -0.4 is 4.90 Å². The fourth-order valence-corrected chi connectivity index (χ4v) is 3.48. The summed E-state index contributed by atoms with van der Waals surface area (Å²) in [4.78, 5) is 21.3. The highest BCUT2D eigenvalue weighted by Crippen LogP contribution is 2.25. The number of rotatable bonds is 2. The van der Waals surface area contributed by atoms with Gasteiger partial charge in [-0.25, -0.2) is 4.98 Å². The Kier molecular flexibility index (Phi) is 4.80. The van der Waals surface area contributed by atoms with Gasteiger partial charge in [0, 0.05) is 38.3 Å². The smallest absolute Gasteiger partial charge is 0.225 e. The molecule has 0 N–H and O–H groups in total. The lowest BCUT2D eigenvalue weighted by molar-refractivity contribution is -0.137. The molecule has 0 radical (unpaired) electrons. The normalized spacial score (nSPS) is 20.3. The quantitative estimate of drug-likeness (QED) is 0.841. The number of carbonyl (C=O) groups is 1. The summed E-state index contributed by atoms with van der Waals surface area (Å²) >= 11 is 0. The molecule has 0 aromatic carbocycles. The van der Waals surface area contributed by atoms with Crippen molar-refractivity contribution >= 4 is 11.7 Å². The first-order chi connectivity index (χ1) is 11.2. The van der Waals surface area contributed by atoms with E-state index in [1.54, 1.807) is 12.3 Å². The summed E-state index contributed by atoms with van der Waals surface area (Å²) in [6.45, 7) is 5.85. The second kappa shape index (κ2) is 6.99. The summed E-state index contributed by atoms with van der Waals surface area (Å²) in [7, 11) is 0. The highest BCUT2D eigenvalue weighted by molar-refractivity contribution is 5.79. The van der Waals surface area contributed by atoms with Crippen molar-refractivity contribution in [2.75, 3.05) is 31.1 Å². The molecule has 0 aliphatic carbocycles. The number of amides is 1. The van der Waals surface area contributed by atoms with Gasteiger partial charge in [0.2, 0.25) is 5.91 Å². The van der Waals surface area contributed by atoms with E-state index < -0.39 is 0 Å². The molecule has 1 aromatic rings. The number of aromatic nitrogens is 1. The summed E-state index contributed by atoms with van der Waals surface area (Å²) in [5.74, 6) is 2.17. The van der Waals surface area contributed by atoms with Crippen LogP contribution in [0.1, 0.15) is 38.2 Å². The number of pyridine rings is 1. The summed E-state index contributed by atoms with van der Waals surface area (Å²) in [6.07, 6.45) is 5.68. The maximum absolute atomic E-state index is 12.6. The SMILES string of the molecule is CC1CCN(C(=O)C2CCN(c3ccc(C#N)cn3)CC2)CC1. The topological polar surface area (TPSA) is 60.2 Å². The third kappa shape index (κ3) is 3.64. The van der Waals surface area contributed by atoms with Gasteiger partial charge in [0.15, 0.2) is 0 Å². The van der Waals surface area contributed by atoms with Crippen molar-refractivity contribution in [1.82, 2.24) is 9.88 Å². The van der Waals surface area contributed by atoms with E-state index in [-0.39, 0.29) is 5.92 Å². The van der Waals surface area contributed by atoms with Gasteiger partial charge in [0.25, 0.3) is 0 Å². The van der Waals surface area contributed by atoms with Crippen molar-refractivity contribution in [1.29, 1.82) is 5.26 Å². The van der Waals surface area contributed by atoms with E-state index in [1.165, 1.54) is 0 Å². The van der Waals surface area contributed by atoms with Gasteiger partial charge in [0.1, 0.15) is 11.9 Å². The zero-order chi connectivity index (χ0) is 16.2. The van der Waals surface area contributed by atoms with Gasteiger partial charge in [-0.15, -0.1) is 0 Å². The Morgan fingerprint density at radius 2 is 1.87 bits per heavy atom. The van der Waals surface area contributed by atoms with Crippen LogP contribution in [0.3, 0.4) is 0 Å². The van der Waals surface area contributed by atoms with Crippen molar-refractivity contribution in [3.8, 4) is 6.07 Å². The van der Waals surface area contributed by atoms with Crippen molar-refractivity contribution in [3.05, 3.63) is 23.9 Å². The average Bonchev–Trinajstić information content (AvgIpc) is 2.62. The van der Waals surface area contributed by atoms with E-state index >= 15 is 0 Å².